The van der Waals surface area contributed by atoms with Crippen LogP contribution in [0, 0.1) is 20.2 Å². The standard InChI is InChI=1S/C16H14N2O6/c1-23-14-8-6-12(16(10-14)24-2)4-3-11-5-7-13(17(19)20)9-15(11)18(21)22/h3-10H,1-2H3. The van der Waals surface area contributed by atoms with Gasteiger partial charge in [0.2, 0.25) is 0 Å². The zero-order valence-corrected chi connectivity index (χ0v) is 13.0. The average Bonchev–Trinajstić information content (AvgIpc) is 2.59. The van der Waals surface area contributed by atoms with Crippen molar-refractivity contribution in [1.82, 2.24) is 0 Å². The predicted molar refractivity (Wildman–Crippen MR) is 88.2 cm³/mol. The Balaban J connectivity index is 2.42. The Kier molecular flexibility index (Phi) is 5.10. The molecule has 0 saturated heterocycles. The zero-order chi connectivity index (χ0) is 17.7. The van der Waals surface area contributed by atoms with Crippen LogP contribution in [-0.2, 0) is 0 Å². The molecule has 0 bridgehead atoms. The maximum absolute atomic E-state index is 11.1. The summed E-state index contributed by atoms with van der Waals surface area (Å²) in [5, 5.41) is 21.9. The van der Waals surface area contributed by atoms with Crippen LogP contribution in [0.2, 0.25) is 0 Å². The van der Waals surface area contributed by atoms with Crippen LogP contribution in [-0.4, -0.2) is 24.1 Å². The Hall–Kier alpha value is -3.42. The van der Waals surface area contributed by atoms with E-state index in [1.54, 1.807) is 24.3 Å². The van der Waals surface area contributed by atoms with Crippen LogP contribution in [0.25, 0.3) is 12.2 Å². The summed E-state index contributed by atoms with van der Waals surface area (Å²) < 4.78 is 10.4. The second-order valence-corrected chi connectivity index (χ2v) is 4.70. The van der Waals surface area contributed by atoms with E-state index in [9.17, 15) is 20.2 Å². The van der Waals surface area contributed by atoms with Crippen LogP contribution in [0.15, 0.2) is 36.4 Å². The van der Waals surface area contributed by atoms with Gasteiger partial charge in [-0.2, -0.15) is 0 Å². The van der Waals surface area contributed by atoms with E-state index in [0.29, 0.717) is 17.1 Å². The number of nitrogens with zero attached hydrogens (tertiary/aromatic N) is 2. The van der Waals surface area contributed by atoms with Crippen molar-refractivity contribution < 1.29 is 19.3 Å². The fraction of sp³-hybridized carbons (Fsp3) is 0.125. The molecular weight excluding hydrogens is 316 g/mol. The van der Waals surface area contributed by atoms with Crippen LogP contribution < -0.4 is 9.47 Å². The third kappa shape index (κ3) is 3.67. The molecule has 2 aromatic carbocycles. The van der Waals surface area contributed by atoms with E-state index in [2.05, 4.69) is 0 Å². The van der Waals surface area contributed by atoms with Crippen LogP contribution in [0.3, 0.4) is 0 Å². The molecule has 0 aliphatic rings. The van der Waals surface area contributed by atoms with E-state index < -0.39 is 9.85 Å². The Morgan fingerprint density at radius 1 is 0.875 bits per heavy atom. The van der Waals surface area contributed by atoms with Gasteiger partial charge in [-0.25, -0.2) is 0 Å². The normalized spacial score (nSPS) is 10.6. The molecule has 0 aliphatic heterocycles. The van der Waals surface area contributed by atoms with Crippen molar-refractivity contribution in [3.63, 3.8) is 0 Å². The average molecular weight is 330 g/mol. The summed E-state index contributed by atoms with van der Waals surface area (Å²) in [7, 11) is 3.03. The molecule has 0 aliphatic carbocycles. The van der Waals surface area contributed by atoms with Gasteiger partial charge in [-0.1, -0.05) is 6.08 Å². The maximum Gasteiger partial charge on any atom is 0.283 e. The molecule has 124 valence electrons. The molecule has 0 unspecified atom stereocenters. The lowest BCUT2D eigenvalue weighted by Gasteiger charge is -2.07. The Morgan fingerprint density at radius 2 is 1.54 bits per heavy atom. The monoisotopic (exact) mass is 330 g/mol. The van der Waals surface area contributed by atoms with E-state index in [-0.39, 0.29) is 16.9 Å². The zero-order valence-electron chi connectivity index (χ0n) is 13.0. The third-order valence-corrected chi connectivity index (χ3v) is 3.30. The number of hydrogen-bond donors (Lipinski definition) is 0. The minimum atomic E-state index is -0.674. The lowest BCUT2D eigenvalue weighted by molar-refractivity contribution is -0.394. The molecule has 0 atom stereocenters. The van der Waals surface area contributed by atoms with Crippen molar-refractivity contribution in [2.45, 2.75) is 0 Å². The van der Waals surface area contributed by atoms with E-state index in [4.69, 9.17) is 9.47 Å². The first-order chi connectivity index (χ1) is 11.5. The highest BCUT2D eigenvalue weighted by atomic mass is 16.6. The van der Waals surface area contributed by atoms with Crippen LogP contribution in [0.4, 0.5) is 11.4 Å². The number of non-ortho nitro benzene ring substituents is 1. The molecule has 2 rings (SSSR count). The number of benzene rings is 2. The first-order valence-corrected chi connectivity index (χ1v) is 6.79. The van der Waals surface area contributed by atoms with Gasteiger partial charge in [0.05, 0.1) is 35.7 Å². The molecule has 0 saturated carbocycles. The number of methoxy groups -OCH3 is 2. The molecular formula is C16H14N2O6. The highest BCUT2D eigenvalue weighted by Crippen LogP contribution is 2.29. The van der Waals surface area contributed by atoms with Gasteiger partial charge in [0.1, 0.15) is 11.5 Å². The molecule has 0 amide bonds. The molecule has 0 spiro atoms. The summed E-state index contributed by atoms with van der Waals surface area (Å²) in [6.07, 6.45) is 3.14. The lowest BCUT2D eigenvalue weighted by Crippen LogP contribution is -1.95. The van der Waals surface area contributed by atoms with Gasteiger partial charge in [-0.15, -0.1) is 0 Å². The van der Waals surface area contributed by atoms with Crippen molar-refractivity contribution in [3.05, 3.63) is 67.8 Å². The predicted octanol–water partition coefficient (Wildman–Crippen LogP) is 3.69. The molecule has 0 N–H and O–H groups in total. The summed E-state index contributed by atoms with van der Waals surface area (Å²) in [6, 6.07) is 8.65. The first-order valence-electron chi connectivity index (χ1n) is 6.79. The van der Waals surface area contributed by atoms with E-state index >= 15 is 0 Å². The number of hydrogen-bond acceptors (Lipinski definition) is 6. The van der Waals surface area contributed by atoms with Gasteiger partial charge in [-0.05, 0) is 24.3 Å². The van der Waals surface area contributed by atoms with E-state index in [1.165, 1.54) is 32.4 Å². The second-order valence-electron chi connectivity index (χ2n) is 4.70. The summed E-state index contributed by atoms with van der Waals surface area (Å²) in [4.78, 5) is 20.5. The Bertz CT molecular complexity index is 816. The molecule has 0 heterocycles. The molecule has 0 fully saturated rings. The van der Waals surface area contributed by atoms with Gasteiger partial charge >= 0.3 is 0 Å². The fourth-order valence-corrected chi connectivity index (χ4v) is 2.08. The van der Waals surface area contributed by atoms with E-state index in [0.717, 1.165) is 6.07 Å². The molecule has 2 aromatic rings. The third-order valence-electron chi connectivity index (χ3n) is 3.30. The van der Waals surface area contributed by atoms with Gasteiger partial charge in [0.15, 0.2) is 0 Å². The summed E-state index contributed by atoms with van der Waals surface area (Å²) in [6.45, 7) is 0. The Labute approximate surface area is 137 Å². The maximum atomic E-state index is 11.1. The second kappa shape index (κ2) is 7.23. The summed E-state index contributed by atoms with van der Waals surface area (Å²) in [5.74, 6) is 1.15. The van der Waals surface area contributed by atoms with Crippen molar-refractivity contribution in [3.8, 4) is 11.5 Å². The number of rotatable bonds is 6. The largest absolute Gasteiger partial charge is 0.497 e. The quantitative estimate of drug-likeness (QED) is 0.454. The SMILES string of the molecule is COc1ccc(C=Cc2ccc([N+](=O)[O-])cc2[N+](=O)[O-])c(OC)c1. The van der Waals surface area contributed by atoms with E-state index in [1.807, 2.05) is 0 Å². The molecule has 24 heavy (non-hydrogen) atoms. The molecule has 8 heteroatoms. The van der Waals surface area contributed by atoms with Gasteiger partial charge < -0.3 is 9.47 Å². The minimum absolute atomic E-state index is 0.253. The van der Waals surface area contributed by atoms with Crippen LogP contribution >= 0.6 is 0 Å². The summed E-state index contributed by atoms with van der Waals surface area (Å²) in [5.41, 5.74) is 0.267. The van der Waals surface area contributed by atoms with Gasteiger partial charge in [0.25, 0.3) is 11.4 Å². The molecule has 0 aromatic heterocycles. The fourth-order valence-electron chi connectivity index (χ4n) is 2.08. The molecule has 8 nitrogen and oxygen atoms in total. The van der Waals surface area contributed by atoms with Crippen LogP contribution in [0.1, 0.15) is 11.1 Å². The van der Waals surface area contributed by atoms with Crippen molar-refractivity contribution in [2.75, 3.05) is 14.2 Å². The summed E-state index contributed by atoms with van der Waals surface area (Å²) >= 11 is 0. The smallest absolute Gasteiger partial charge is 0.283 e. The number of ether oxygens (including phenoxy) is 2. The van der Waals surface area contributed by atoms with Gasteiger partial charge in [0, 0.05) is 17.7 Å². The van der Waals surface area contributed by atoms with Gasteiger partial charge in [-0.3, -0.25) is 20.2 Å². The number of nitro groups is 2. The number of nitro benzene ring substituents is 2. The first kappa shape index (κ1) is 16.9. The van der Waals surface area contributed by atoms with Crippen LogP contribution in [0.5, 0.6) is 11.5 Å². The van der Waals surface area contributed by atoms with Crippen molar-refractivity contribution in [2.24, 2.45) is 0 Å². The van der Waals surface area contributed by atoms with Crippen molar-refractivity contribution in [1.29, 1.82) is 0 Å². The highest BCUT2D eigenvalue weighted by molar-refractivity contribution is 5.77. The highest BCUT2D eigenvalue weighted by Gasteiger charge is 2.17. The topological polar surface area (TPSA) is 105 Å². The lowest BCUT2D eigenvalue weighted by atomic mass is 10.1. The Morgan fingerprint density at radius 3 is 2.12 bits per heavy atom. The minimum Gasteiger partial charge on any atom is -0.497 e. The molecule has 0 radical (unpaired) electrons. The van der Waals surface area contributed by atoms with Crippen molar-refractivity contribution >= 4 is 23.5 Å².